The average molecular weight is 198 g/mol. The fourth-order valence-corrected chi connectivity index (χ4v) is 2.29. The first kappa shape index (κ1) is 8.52. The second-order valence-electron chi connectivity index (χ2n) is 3.03. The fourth-order valence-electron chi connectivity index (χ4n) is 1.34. The van der Waals surface area contributed by atoms with Crippen molar-refractivity contribution in [2.75, 3.05) is 11.9 Å². The van der Waals surface area contributed by atoms with E-state index in [1.54, 1.807) is 11.9 Å². The number of carbonyl (C=O) groups excluding carboxylic acids is 1. The van der Waals surface area contributed by atoms with Gasteiger partial charge in [-0.05, 0) is 13.0 Å². The van der Waals surface area contributed by atoms with Crippen molar-refractivity contribution in [2.45, 2.75) is 13.3 Å². The van der Waals surface area contributed by atoms with Gasteiger partial charge in [-0.15, -0.1) is 11.3 Å². The van der Waals surface area contributed by atoms with Crippen LogP contribution in [0.1, 0.15) is 14.5 Å². The lowest BCUT2D eigenvalue weighted by atomic mass is 10.3. The molecule has 1 aromatic heterocycles. The van der Waals surface area contributed by atoms with Gasteiger partial charge in [0.05, 0.1) is 5.69 Å². The second kappa shape index (κ2) is 2.71. The molecule has 4 nitrogen and oxygen atoms in total. The Morgan fingerprint density at radius 1 is 1.69 bits per heavy atom. The lowest BCUT2D eigenvalue weighted by Gasteiger charge is -2.30. The molecule has 1 aliphatic rings. The molecular weight excluding hydrogens is 188 g/mol. The topological polar surface area (TPSA) is 52.6 Å². The Balaban J connectivity index is 2.53. The molecule has 1 aromatic rings. The molecule has 1 atom stereocenters. The molecule has 1 aliphatic heterocycles. The van der Waals surface area contributed by atoms with E-state index < -0.39 is 6.35 Å². The Hall–Kier alpha value is -1.07. The minimum Gasteiger partial charge on any atom is -0.356 e. The van der Waals surface area contributed by atoms with E-state index in [9.17, 15) is 9.90 Å². The van der Waals surface area contributed by atoms with E-state index in [2.05, 4.69) is 5.32 Å². The Labute approximate surface area is 79.8 Å². The highest BCUT2D eigenvalue weighted by Crippen LogP contribution is 2.32. The molecular formula is C8H10N2O2S. The van der Waals surface area contributed by atoms with Gasteiger partial charge in [-0.2, -0.15) is 0 Å². The van der Waals surface area contributed by atoms with Crippen LogP contribution < -0.4 is 10.2 Å². The average Bonchev–Trinajstić information content (AvgIpc) is 2.44. The zero-order valence-corrected chi connectivity index (χ0v) is 8.18. The third kappa shape index (κ3) is 1.20. The minimum absolute atomic E-state index is 0.196. The van der Waals surface area contributed by atoms with Crippen LogP contribution in [0.25, 0.3) is 0 Å². The Kier molecular flexibility index (Phi) is 1.78. The highest BCUT2D eigenvalue weighted by molar-refractivity contribution is 7.14. The molecule has 0 saturated carbocycles. The third-order valence-corrected chi connectivity index (χ3v) is 3.09. The predicted molar refractivity (Wildman–Crippen MR) is 50.9 cm³/mol. The number of aliphatic hydroxyl groups is 1. The molecule has 0 saturated heterocycles. The number of thiophene rings is 1. The summed E-state index contributed by atoms with van der Waals surface area (Å²) in [5, 5.41) is 11.9. The number of fused-ring (bicyclic) bond motifs is 1. The third-order valence-electron chi connectivity index (χ3n) is 2.05. The van der Waals surface area contributed by atoms with E-state index in [0.717, 1.165) is 10.6 Å². The van der Waals surface area contributed by atoms with Crippen molar-refractivity contribution in [1.29, 1.82) is 0 Å². The van der Waals surface area contributed by atoms with Gasteiger partial charge in [0.25, 0.3) is 5.91 Å². The van der Waals surface area contributed by atoms with Crippen molar-refractivity contribution in [2.24, 2.45) is 0 Å². The Morgan fingerprint density at radius 2 is 2.38 bits per heavy atom. The van der Waals surface area contributed by atoms with E-state index >= 15 is 0 Å². The van der Waals surface area contributed by atoms with Crippen LogP contribution in [0.3, 0.4) is 0 Å². The van der Waals surface area contributed by atoms with Crippen LogP contribution >= 0.6 is 11.3 Å². The highest BCUT2D eigenvalue weighted by atomic mass is 32.1. The van der Waals surface area contributed by atoms with Crippen LogP contribution in [-0.4, -0.2) is 24.4 Å². The molecule has 1 unspecified atom stereocenters. The normalized spacial score (nSPS) is 21.3. The van der Waals surface area contributed by atoms with Crippen LogP contribution in [0.2, 0.25) is 0 Å². The largest absolute Gasteiger partial charge is 0.356 e. The van der Waals surface area contributed by atoms with Gasteiger partial charge >= 0.3 is 0 Å². The summed E-state index contributed by atoms with van der Waals surface area (Å²) in [4.78, 5) is 14.7. The molecule has 2 heterocycles. The summed E-state index contributed by atoms with van der Waals surface area (Å²) < 4.78 is 0. The van der Waals surface area contributed by atoms with Gasteiger partial charge in [-0.25, -0.2) is 0 Å². The van der Waals surface area contributed by atoms with Gasteiger partial charge in [0, 0.05) is 11.9 Å². The molecule has 0 bridgehead atoms. The molecule has 2 N–H and O–H groups in total. The van der Waals surface area contributed by atoms with Crippen LogP contribution in [0.5, 0.6) is 0 Å². The Morgan fingerprint density at radius 3 is 3.08 bits per heavy atom. The number of amides is 1. The van der Waals surface area contributed by atoms with E-state index in [1.165, 1.54) is 11.3 Å². The lowest BCUT2D eigenvalue weighted by molar-refractivity contribution is 0.0763. The van der Waals surface area contributed by atoms with Gasteiger partial charge < -0.3 is 15.3 Å². The fraction of sp³-hybridized carbons (Fsp3) is 0.375. The maximum Gasteiger partial charge on any atom is 0.266 e. The van der Waals surface area contributed by atoms with E-state index in [0.29, 0.717) is 4.88 Å². The van der Waals surface area contributed by atoms with Crippen molar-refractivity contribution >= 4 is 22.9 Å². The van der Waals surface area contributed by atoms with Crippen LogP contribution in [0.4, 0.5) is 5.69 Å². The molecule has 0 spiro atoms. The van der Waals surface area contributed by atoms with Gasteiger partial charge in [0.15, 0.2) is 0 Å². The molecule has 0 aromatic carbocycles. The lowest BCUT2D eigenvalue weighted by Crippen LogP contribution is -2.50. The maximum absolute atomic E-state index is 11.4. The molecule has 13 heavy (non-hydrogen) atoms. The second-order valence-corrected chi connectivity index (χ2v) is 4.29. The molecule has 0 fully saturated rings. The van der Waals surface area contributed by atoms with Crippen molar-refractivity contribution in [3.05, 3.63) is 15.8 Å². The van der Waals surface area contributed by atoms with Gasteiger partial charge in [-0.1, -0.05) is 0 Å². The summed E-state index contributed by atoms with van der Waals surface area (Å²) in [6, 6.07) is 1.90. The van der Waals surface area contributed by atoms with Crippen LogP contribution in [0.15, 0.2) is 6.07 Å². The summed E-state index contributed by atoms with van der Waals surface area (Å²) in [7, 11) is 1.75. The summed E-state index contributed by atoms with van der Waals surface area (Å²) >= 11 is 1.44. The number of carbonyl (C=O) groups is 1. The van der Waals surface area contributed by atoms with Crippen molar-refractivity contribution in [1.82, 2.24) is 5.32 Å². The number of hydrogen-bond donors (Lipinski definition) is 2. The van der Waals surface area contributed by atoms with Gasteiger partial charge in [0.1, 0.15) is 4.88 Å². The number of nitrogens with zero attached hydrogens (tertiary/aromatic N) is 1. The van der Waals surface area contributed by atoms with Gasteiger partial charge in [0.2, 0.25) is 6.35 Å². The van der Waals surface area contributed by atoms with Crippen molar-refractivity contribution < 1.29 is 9.90 Å². The number of rotatable bonds is 0. The SMILES string of the molecule is Cc1cc2c(s1)C(=O)NC(O)N2C. The number of hydrogen-bond acceptors (Lipinski definition) is 4. The molecule has 70 valence electrons. The van der Waals surface area contributed by atoms with Gasteiger partial charge in [-0.3, -0.25) is 4.79 Å². The van der Waals surface area contributed by atoms with Crippen LogP contribution in [-0.2, 0) is 0 Å². The van der Waals surface area contributed by atoms with E-state index in [4.69, 9.17) is 0 Å². The number of aliphatic hydroxyl groups excluding tert-OH is 1. The molecule has 0 aliphatic carbocycles. The standard InChI is InChI=1S/C8H10N2O2S/c1-4-3-5-6(13-4)7(11)9-8(12)10(5)2/h3,8,12H,1-2H3,(H,9,11). The molecule has 0 radical (unpaired) electrons. The zero-order chi connectivity index (χ0) is 9.59. The van der Waals surface area contributed by atoms with E-state index in [1.807, 2.05) is 13.0 Å². The quantitative estimate of drug-likeness (QED) is 0.638. The first-order chi connectivity index (χ1) is 6.09. The van der Waals surface area contributed by atoms with Crippen molar-refractivity contribution in [3.8, 4) is 0 Å². The summed E-state index contributed by atoms with van der Waals surface area (Å²) in [5.41, 5.74) is 0.804. The monoisotopic (exact) mass is 198 g/mol. The first-order valence-electron chi connectivity index (χ1n) is 3.92. The smallest absolute Gasteiger partial charge is 0.266 e. The molecule has 2 rings (SSSR count). The highest BCUT2D eigenvalue weighted by Gasteiger charge is 2.28. The first-order valence-corrected chi connectivity index (χ1v) is 4.73. The minimum atomic E-state index is -0.908. The number of anilines is 1. The van der Waals surface area contributed by atoms with Crippen LogP contribution in [0, 0.1) is 6.92 Å². The summed E-state index contributed by atoms with van der Waals surface area (Å²) in [6.07, 6.45) is -0.908. The number of aryl methyl sites for hydroxylation is 1. The number of nitrogens with one attached hydrogen (secondary N) is 1. The molecule has 1 amide bonds. The summed E-state index contributed by atoms with van der Waals surface area (Å²) in [6.45, 7) is 1.94. The summed E-state index contributed by atoms with van der Waals surface area (Å²) in [5.74, 6) is -0.196. The van der Waals surface area contributed by atoms with E-state index in [-0.39, 0.29) is 5.91 Å². The maximum atomic E-state index is 11.4. The predicted octanol–water partition coefficient (Wildman–Crippen LogP) is 0.512. The molecule has 5 heteroatoms. The van der Waals surface area contributed by atoms with Crippen molar-refractivity contribution in [3.63, 3.8) is 0 Å². The Bertz CT molecular complexity index is 361. The zero-order valence-electron chi connectivity index (χ0n) is 7.37.